The van der Waals surface area contributed by atoms with Crippen LogP contribution in [0, 0.1) is 5.41 Å². The van der Waals surface area contributed by atoms with E-state index in [1.165, 1.54) is 19.3 Å². The Kier molecular flexibility index (Phi) is 3.39. The minimum absolute atomic E-state index is 0.139. The number of esters is 1. The predicted octanol–water partition coefficient (Wildman–Crippen LogP) is 4.16. The van der Waals surface area contributed by atoms with E-state index in [0.29, 0.717) is 5.57 Å². The quantitative estimate of drug-likeness (QED) is 0.426. The van der Waals surface area contributed by atoms with Crippen LogP contribution in [-0.4, -0.2) is 11.6 Å². The summed E-state index contributed by atoms with van der Waals surface area (Å²) in [7, 11) is 0. The van der Waals surface area contributed by atoms with Crippen molar-refractivity contribution in [3.8, 4) is 0 Å². The maximum atomic E-state index is 11.8. The van der Waals surface area contributed by atoms with E-state index in [0.717, 1.165) is 19.3 Å². The van der Waals surface area contributed by atoms with Crippen molar-refractivity contribution in [2.75, 3.05) is 0 Å². The van der Waals surface area contributed by atoms with E-state index >= 15 is 0 Å². The lowest BCUT2D eigenvalue weighted by Crippen LogP contribution is -2.49. The summed E-state index contributed by atoms with van der Waals surface area (Å²) in [6.45, 7) is 9.53. The SMILES string of the molecule is C=C(C)C(=O)OC(C)(C)C12CCC=C(CCC1)C2. The van der Waals surface area contributed by atoms with Gasteiger partial charge in [0.2, 0.25) is 0 Å². The molecule has 1 atom stereocenters. The minimum atomic E-state index is -0.400. The Morgan fingerprint density at radius 3 is 2.83 bits per heavy atom. The summed E-state index contributed by atoms with van der Waals surface area (Å²) in [5, 5.41) is 0. The van der Waals surface area contributed by atoms with Gasteiger partial charge in [-0.1, -0.05) is 18.2 Å². The number of carbonyl (C=O) groups excluding carboxylic acids is 1. The van der Waals surface area contributed by atoms with E-state index in [9.17, 15) is 4.79 Å². The van der Waals surface area contributed by atoms with Crippen molar-refractivity contribution >= 4 is 5.97 Å². The molecule has 1 fully saturated rings. The van der Waals surface area contributed by atoms with Gasteiger partial charge in [0.25, 0.3) is 0 Å². The van der Waals surface area contributed by atoms with Crippen LogP contribution >= 0.6 is 0 Å². The van der Waals surface area contributed by atoms with E-state index in [1.54, 1.807) is 12.5 Å². The monoisotopic (exact) mass is 248 g/mol. The van der Waals surface area contributed by atoms with Crippen molar-refractivity contribution in [3.63, 3.8) is 0 Å². The molecule has 18 heavy (non-hydrogen) atoms. The zero-order valence-corrected chi connectivity index (χ0v) is 11.8. The third kappa shape index (κ3) is 2.25. The number of allylic oxidation sites excluding steroid dienone is 2. The molecule has 0 aromatic rings. The van der Waals surface area contributed by atoms with Crippen molar-refractivity contribution < 1.29 is 9.53 Å². The number of hydrogen-bond acceptors (Lipinski definition) is 2. The van der Waals surface area contributed by atoms with Crippen LogP contribution in [0.1, 0.15) is 59.3 Å². The van der Waals surface area contributed by atoms with Crippen LogP contribution in [0.15, 0.2) is 23.8 Å². The summed E-state index contributed by atoms with van der Waals surface area (Å²) >= 11 is 0. The van der Waals surface area contributed by atoms with Gasteiger partial charge in [-0.3, -0.25) is 0 Å². The first kappa shape index (κ1) is 13.4. The molecule has 0 aromatic heterocycles. The van der Waals surface area contributed by atoms with Crippen LogP contribution < -0.4 is 0 Å². The minimum Gasteiger partial charge on any atom is -0.456 e. The van der Waals surface area contributed by atoms with E-state index in [4.69, 9.17) is 4.74 Å². The molecule has 0 N–H and O–H groups in total. The molecular formula is C16H24O2. The van der Waals surface area contributed by atoms with Crippen molar-refractivity contribution in [1.82, 2.24) is 0 Å². The van der Waals surface area contributed by atoms with E-state index in [2.05, 4.69) is 26.5 Å². The third-order valence-corrected chi connectivity index (χ3v) is 4.75. The molecule has 100 valence electrons. The first-order chi connectivity index (χ1) is 8.36. The van der Waals surface area contributed by atoms with Gasteiger partial charge in [-0.15, -0.1) is 0 Å². The van der Waals surface area contributed by atoms with Gasteiger partial charge in [0, 0.05) is 11.0 Å². The van der Waals surface area contributed by atoms with Gasteiger partial charge in [-0.2, -0.15) is 0 Å². The first-order valence-electron chi connectivity index (χ1n) is 6.93. The molecule has 0 aromatic carbocycles. The maximum absolute atomic E-state index is 11.8. The lowest BCUT2D eigenvalue weighted by atomic mass is 9.58. The van der Waals surface area contributed by atoms with Gasteiger partial charge < -0.3 is 4.74 Å². The molecule has 2 aliphatic carbocycles. The fourth-order valence-corrected chi connectivity index (χ4v) is 3.45. The molecule has 2 bridgehead atoms. The molecule has 0 spiro atoms. The second-order valence-electron chi connectivity index (χ2n) is 6.39. The van der Waals surface area contributed by atoms with E-state index in [-0.39, 0.29) is 11.4 Å². The summed E-state index contributed by atoms with van der Waals surface area (Å²) in [6.07, 6.45) is 9.36. The highest BCUT2D eigenvalue weighted by Crippen LogP contribution is 2.53. The Balaban J connectivity index is 2.20. The fourth-order valence-electron chi connectivity index (χ4n) is 3.45. The van der Waals surface area contributed by atoms with Gasteiger partial charge in [0.1, 0.15) is 5.60 Å². The van der Waals surface area contributed by atoms with E-state index in [1.807, 2.05) is 0 Å². The number of ether oxygens (including phenoxy) is 1. The normalized spacial score (nSPS) is 27.4. The highest BCUT2D eigenvalue weighted by atomic mass is 16.6. The molecule has 0 heterocycles. The van der Waals surface area contributed by atoms with Gasteiger partial charge >= 0.3 is 5.97 Å². The molecule has 2 heteroatoms. The maximum Gasteiger partial charge on any atom is 0.333 e. The number of carbonyl (C=O) groups is 1. The average molecular weight is 248 g/mol. The molecule has 2 nitrogen and oxygen atoms in total. The average Bonchev–Trinajstić information content (AvgIpc) is 2.28. The summed E-state index contributed by atoms with van der Waals surface area (Å²) in [5.74, 6) is -0.254. The second-order valence-corrected chi connectivity index (χ2v) is 6.39. The number of rotatable bonds is 3. The highest BCUT2D eigenvalue weighted by Gasteiger charge is 2.49. The topological polar surface area (TPSA) is 26.3 Å². The number of hydrogen-bond donors (Lipinski definition) is 0. The molecule has 0 saturated heterocycles. The van der Waals surface area contributed by atoms with Crippen molar-refractivity contribution in [3.05, 3.63) is 23.8 Å². The van der Waals surface area contributed by atoms with Crippen LogP contribution in [0.25, 0.3) is 0 Å². The summed E-state index contributed by atoms with van der Waals surface area (Å²) < 4.78 is 5.75. The third-order valence-electron chi connectivity index (χ3n) is 4.75. The van der Waals surface area contributed by atoms with Gasteiger partial charge in [-0.05, 0) is 59.3 Å². The van der Waals surface area contributed by atoms with Crippen LogP contribution in [0.5, 0.6) is 0 Å². The van der Waals surface area contributed by atoms with Gasteiger partial charge in [0.15, 0.2) is 0 Å². The Bertz CT molecular complexity index is 403. The first-order valence-corrected chi connectivity index (χ1v) is 6.93. The lowest BCUT2D eigenvalue weighted by molar-refractivity contribution is -0.170. The zero-order valence-electron chi connectivity index (χ0n) is 11.8. The van der Waals surface area contributed by atoms with Crippen LogP contribution in [0.2, 0.25) is 0 Å². The molecule has 1 saturated carbocycles. The number of fused-ring (bicyclic) bond motifs is 2. The van der Waals surface area contributed by atoms with Crippen molar-refractivity contribution in [2.45, 2.75) is 64.9 Å². The lowest BCUT2D eigenvalue weighted by Gasteiger charge is -2.51. The van der Waals surface area contributed by atoms with Crippen LogP contribution in [0.4, 0.5) is 0 Å². The Labute approximate surface area is 110 Å². The highest BCUT2D eigenvalue weighted by molar-refractivity contribution is 5.87. The fraction of sp³-hybridized carbons (Fsp3) is 0.688. The molecule has 2 rings (SSSR count). The second kappa shape index (κ2) is 4.56. The van der Waals surface area contributed by atoms with Crippen molar-refractivity contribution in [2.24, 2.45) is 5.41 Å². The standard InChI is InChI=1S/C16H24O2/c1-12(2)14(17)18-15(3,4)16-9-5-7-13(11-16)8-6-10-16/h7H,1,5-6,8-11H2,2-4H3. The summed E-state index contributed by atoms with van der Waals surface area (Å²) in [5.41, 5.74) is 1.79. The molecule has 0 radical (unpaired) electrons. The van der Waals surface area contributed by atoms with Crippen molar-refractivity contribution in [1.29, 1.82) is 0 Å². The molecule has 0 aliphatic heterocycles. The molecule has 0 amide bonds. The Hall–Kier alpha value is -1.05. The largest absolute Gasteiger partial charge is 0.456 e. The van der Waals surface area contributed by atoms with Gasteiger partial charge in [0.05, 0.1) is 0 Å². The van der Waals surface area contributed by atoms with E-state index < -0.39 is 5.60 Å². The molecular weight excluding hydrogens is 224 g/mol. The summed E-state index contributed by atoms with van der Waals surface area (Å²) in [4.78, 5) is 11.8. The van der Waals surface area contributed by atoms with Gasteiger partial charge in [-0.25, -0.2) is 4.79 Å². The van der Waals surface area contributed by atoms with Crippen LogP contribution in [-0.2, 0) is 9.53 Å². The molecule has 2 aliphatic rings. The van der Waals surface area contributed by atoms with Crippen LogP contribution in [0.3, 0.4) is 0 Å². The predicted molar refractivity (Wildman–Crippen MR) is 73.2 cm³/mol. The smallest absolute Gasteiger partial charge is 0.333 e. The molecule has 1 unspecified atom stereocenters. The Morgan fingerprint density at radius 1 is 1.44 bits per heavy atom. The Morgan fingerprint density at radius 2 is 2.17 bits per heavy atom. The summed E-state index contributed by atoms with van der Waals surface area (Å²) in [6, 6.07) is 0. The zero-order chi connectivity index (χ0) is 13.4.